The van der Waals surface area contributed by atoms with Gasteiger partial charge in [-0.1, -0.05) is 0 Å². The van der Waals surface area contributed by atoms with Crippen molar-refractivity contribution in [2.75, 3.05) is 20.1 Å². The smallest absolute Gasteiger partial charge is 0.243 e. The quantitative estimate of drug-likeness (QED) is 0.774. The Kier molecular flexibility index (Phi) is 2.20. The second-order valence-corrected chi connectivity index (χ2v) is 6.30. The van der Waals surface area contributed by atoms with E-state index in [2.05, 4.69) is 11.0 Å². The maximum Gasteiger partial charge on any atom is 0.243 e. The summed E-state index contributed by atoms with van der Waals surface area (Å²) in [6.45, 7) is 3.92. The van der Waals surface area contributed by atoms with Crippen LogP contribution in [0.25, 0.3) is 0 Å². The van der Waals surface area contributed by atoms with Crippen LogP contribution in [0.1, 0.15) is 36.8 Å². The lowest BCUT2D eigenvalue weighted by molar-refractivity contribution is -0.135. The van der Waals surface area contributed by atoms with Gasteiger partial charge in [-0.3, -0.25) is 9.69 Å². The molecule has 1 amide bonds. The van der Waals surface area contributed by atoms with E-state index in [9.17, 15) is 4.79 Å². The molecular formula is C15H20N2O2. The molecule has 1 aromatic heterocycles. The van der Waals surface area contributed by atoms with Gasteiger partial charge in [0.2, 0.25) is 5.91 Å². The molecule has 1 aromatic rings. The lowest BCUT2D eigenvalue weighted by atomic mass is 9.85. The van der Waals surface area contributed by atoms with E-state index >= 15 is 0 Å². The second-order valence-electron chi connectivity index (χ2n) is 6.30. The number of amides is 1. The second kappa shape index (κ2) is 3.63. The van der Waals surface area contributed by atoms with Crippen molar-refractivity contribution in [2.24, 2.45) is 5.92 Å². The van der Waals surface area contributed by atoms with E-state index in [-0.39, 0.29) is 5.54 Å². The van der Waals surface area contributed by atoms with Gasteiger partial charge < -0.3 is 9.32 Å². The number of likely N-dealkylation sites (tertiary alicyclic amines) is 1. The highest BCUT2D eigenvalue weighted by Gasteiger charge is 2.64. The van der Waals surface area contributed by atoms with Gasteiger partial charge in [-0.15, -0.1) is 0 Å². The Hall–Kier alpha value is -1.29. The fraction of sp³-hybridized carbons (Fsp3) is 0.667. The van der Waals surface area contributed by atoms with Crippen LogP contribution in [-0.2, 0) is 4.79 Å². The summed E-state index contributed by atoms with van der Waals surface area (Å²) in [5, 5.41) is 0. The summed E-state index contributed by atoms with van der Waals surface area (Å²) in [6, 6.07) is 4.42. The summed E-state index contributed by atoms with van der Waals surface area (Å²) in [5.74, 6) is 2.82. The van der Waals surface area contributed by atoms with Gasteiger partial charge in [0.05, 0.1) is 6.04 Å². The van der Waals surface area contributed by atoms with E-state index in [0.29, 0.717) is 17.9 Å². The van der Waals surface area contributed by atoms with Crippen molar-refractivity contribution in [2.45, 2.75) is 37.8 Å². The van der Waals surface area contributed by atoms with Crippen LogP contribution in [0.4, 0.5) is 0 Å². The molecule has 0 aromatic carbocycles. The lowest BCUT2D eigenvalue weighted by Crippen LogP contribution is -2.49. The maximum atomic E-state index is 12.6. The van der Waals surface area contributed by atoms with Crippen LogP contribution in [0, 0.1) is 12.8 Å². The Morgan fingerprint density at radius 2 is 2.26 bits per heavy atom. The Morgan fingerprint density at radius 1 is 1.42 bits per heavy atom. The van der Waals surface area contributed by atoms with Gasteiger partial charge >= 0.3 is 0 Å². The van der Waals surface area contributed by atoms with Crippen molar-refractivity contribution in [3.05, 3.63) is 23.7 Å². The molecule has 4 nitrogen and oxygen atoms in total. The number of carbonyl (C=O) groups excluding carboxylic acids is 1. The third kappa shape index (κ3) is 1.30. The average Bonchev–Trinajstić information content (AvgIpc) is 3.07. The minimum absolute atomic E-state index is 0.208. The number of hydrogen-bond donors (Lipinski definition) is 0. The molecule has 0 aliphatic carbocycles. The molecule has 4 heteroatoms. The number of aryl methyl sites for hydroxylation is 1. The van der Waals surface area contributed by atoms with E-state index in [1.807, 2.05) is 24.9 Å². The normalized spacial score (nSPS) is 38.0. The van der Waals surface area contributed by atoms with Gasteiger partial charge in [-0.2, -0.15) is 0 Å². The highest BCUT2D eigenvalue weighted by Crippen LogP contribution is 2.55. The zero-order chi connectivity index (χ0) is 13.2. The van der Waals surface area contributed by atoms with E-state index in [4.69, 9.17) is 4.42 Å². The highest BCUT2D eigenvalue weighted by molar-refractivity contribution is 5.90. The van der Waals surface area contributed by atoms with Crippen LogP contribution in [0.2, 0.25) is 0 Å². The number of hydrogen-bond acceptors (Lipinski definition) is 3. The SMILES string of the molecule is Cc1ccc([C@@H]2C[C@H]3CN(C)C(=O)[C@]34CCCN24)o1. The molecule has 0 unspecified atom stereocenters. The molecule has 0 saturated carbocycles. The molecule has 3 fully saturated rings. The van der Waals surface area contributed by atoms with Gasteiger partial charge in [0.1, 0.15) is 17.1 Å². The first-order chi connectivity index (χ1) is 9.13. The van der Waals surface area contributed by atoms with Crippen LogP contribution in [0.3, 0.4) is 0 Å². The number of carbonyl (C=O) groups is 1. The van der Waals surface area contributed by atoms with Gasteiger partial charge in [-0.05, 0) is 38.3 Å². The molecule has 102 valence electrons. The summed E-state index contributed by atoms with van der Waals surface area (Å²) in [5.41, 5.74) is -0.208. The van der Waals surface area contributed by atoms with E-state index in [0.717, 1.165) is 43.9 Å². The standard InChI is InChI=1S/C15H20N2O2/c1-10-4-5-13(19-10)12-8-11-9-16(2)14(18)15(11)6-3-7-17(12)15/h4-5,11-12H,3,6-9H2,1-2H3/t11-,12-,15-/m0/s1. The van der Waals surface area contributed by atoms with E-state index < -0.39 is 0 Å². The summed E-state index contributed by atoms with van der Waals surface area (Å²) in [6.07, 6.45) is 3.21. The number of rotatable bonds is 1. The molecule has 0 N–H and O–H groups in total. The van der Waals surface area contributed by atoms with Crippen molar-refractivity contribution >= 4 is 5.91 Å². The van der Waals surface area contributed by atoms with Crippen LogP contribution in [0.5, 0.6) is 0 Å². The Morgan fingerprint density at radius 3 is 3.00 bits per heavy atom. The first-order valence-corrected chi connectivity index (χ1v) is 7.21. The number of likely N-dealkylation sites (N-methyl/N-ethyl adjacent to an activating group) is 1. The molecule has 0 radical (unpaired) electrons. The molecule has 0 bridgehead atoms. The third-order valence-corrected chi connectivity index (χ3v) is 5.33. The summed E-state index contributed by atoms with van der Waals surface area (Å²) in [4.78, 5) is 17.0. The maximum absolute atomic E-state index is 12.6. The molecule has 1 spiro atoms. The summed E-state index contributed by atoms with van der Waals surface area (Å²) in [7, 11) is 1.94. The minimum atomic E-state index is -0.208. The van der Waals surface area contributed by atoms with Crippen molar-refractivity contribution in [1.29, 1.82) is 0 Å². The Bertz CT molecular complexity index is 538. The average molecular weight is 260 g/mol. The van der Waals surface area contributed by atoms with Crippen LogP contribution in [0.15, 0.2) is 16.5 Å². The van der Waals surface area contributed by atoms with Crippen molar-refractivity contribution in [3.8, 4) is 0 Å². The Labute approximate surface area is 113 Å². The Balaban J connectivity index is 1.75. The monoisotopic (exact) mass is 260 g/mol. The first kappa shape index (κ1) is 11.5. The molecule has 4 rings (SSSR count). The molecule has 4 heterocycles. The predicted octanol–water partition coefficient (Wildman–Crippen LogP) is 1.96. The van der Waals surface area contributed by atoms with Crippen molar-refractivity contribution in [1.82, 2.24) is 9.80 Å². The molecule has 3 saturated heterocycles. The summed E-state index contributed by atoms with van der Waals surface area (Å²) >= 11 is 0. The molecule has 3 aliphatic heterocycles. The van der Waals surface area contributed by atoms with E-state index in [1.54, 1.807) is 0 Å². The van der Waals surface area contributed by atoms with Gasteiger partial charge in [0.15, 0.2) is 0 Å². The number of nitrogens with zero attached hydrogens (tertiary/aromatic N) is 2. The minimum Gasteiger partial charge on any atom is -0.465 e. The fourth-order valence-electron chi connectivity index (χ4n) is 4.60. The fourth-order valence-corrected chi connectivity index (χ4v) is 4.60. The number of furan rings is 1. The zero-order valence-corrected chi connectivity index (χ0v) is 11.6. The molecular weight excluding hydrogens is 240 g/mol. The summed E-state index contributed by atoms with van der Waals surface area (Å²) < 4.78 is 5.83. The van der Waals surface area contributed by atoms with E-state index in [1.165, 1.54) is 0 Å². The van der Waals surface area contributed by atoms with Crippen LogP contribution in [-0.4, -0.2) is 41.4 Å². The van der Waals surface area contributed by atoms with Gasteiger partial charge in [0.25, 0.3) is 0 Å². The van der Waals surface area contributed by atoms with Crippen LogP contribution < -0.4 is 0 Å². The third-order valence-electron chi connectivity index (χ3n) is 5.33. The molecule has 3 atom stereocenters. The predicted molar refractivity (Wildman–Crippen MR) is 70.6 cm³/mol. The van der Waals surface area contributed by atoms with Crippen molar-refractivity contribution in [3.63, 3.8) is 0 Å². The highest BCUT2D eigenvalue weighted by atomic mass is 16.3. The largest absolute Gasteiger partial charge is 0.465 e. The lowest BCUT2D eigenvalue weighted by Gasteiger charge is -2.32. The van der Waals surface area contributed by atoms with Crippen molar-refractivity contribution < 1.29 is 9.21 Å². The van der Waals surface area contributed by atoms with Gasteiger partial charge in [-0.25, -0.2) is 0 Å². The zero-order valence-electron chi connectivity index (χ0n) is 11.6. The van der Waals surface area contributed by atoms with Gasteiger partial charge in [0, 0.05) is 26.1 Å². The van der Waals surface area contributed by atoms with Crippen LogP contribution >= 0.6 is 0 Å². The topological polar surface area (TPSA) is 36.7 Å². The molecule has 3 aliphatic rings. The molecule has 19 heavy (non-hydrogen) atoms. The first-order valence-electron chi connectivity index (χ1n) is 7.21.